The second kappa shape index (κ2) is 10.4. The number of carbonyl (C=O) groups is 2. The Labute approximate surface area is 240 Å². The number of carboxylic acid groups (broad SMARTS) is 1. The van der Waals surface area contributed by atoms with Gasteiger partial charge in [-0.1, -0.05) is 55.3 Å². The van der Waals surface area contributed by atoms with E-state index in [9.17, 15) is 14.7 Å². The van der Waals surface area contributed by atoms with Crippen molar-refractivity contribution >= 4 is 23.6 Å². The molecular weight excluding hydrogens is 514 g/mol. The lowest BCUT2D eigenvalue weighted by Crippen LogP contribution is -2.63. The van der Waals surface area contributed by atoms with Crippen molar-refractivity contribution in [2.24, 2.45) is 11.3 Å². The predicted octanol–water partition coefficient (Wildman–Crippen LogP) is 6.50. The van der Waals surface area contributed by atoms with Crippen LogP contribution in [0.3, 0.4) is 0 Å². The summed E-state index contributed by atoms with van der Waals surface area (Å²) in [5.74, 6) is 0.626. The maximum atomic E-state index is 13.5. The van der Waals surface area contributed by atoms with Crippen LogP contribution in [0.4, 0.5) is 5.69 Å². The number of pyridine rings is 1. The molecule has 41 heavy (non-hydrogen) atoms. The van der Waals surface area contributed by atoms with Gasteiger partial charge in [-0.05, 0) is 60.9 Å². The van der Waals surface area contributed by atoms with Crippen molar-refractivity contribution in [3.63, 3.8) is 0 Å². The first-order valence-corrected chi connectivity index (χ1v) is 14.8. The molecule has 1 N–H and O–H groups in total. The molecule has 1 saturated carbocycles. The van der Waals surface area contributed by atoms with Crippen LogP contribution in [-0.4, -0.2) is 46.5 Å². The minimum atomic E-state index is -1.02. The van der Waals surface area contributed by atoms with Crippen LogP contribution < -0.4 is 9.64 Å². The second-order valence-electron chi connectivity index (χ2n) is 12.0. The van der Waals surface area contributed by atoms with Crippen LogP contribution >= 0.6 is 0 Å². The Morgan fingerprint density at radius 2 is 1.83 bits per heavy atom. The highest BCUT2D eigenvalue weighted by Crippen LogP contribution is 2.59. The van der Waals surface area contributed by atoms with Crippen molar-refractivity contribution in [1.82, 2.24) is 9.88 Å². The molecule has 210 valence electrons. The molecule has 0 radical (unpaired) electrons. The molecule has 0 bridgehead atoms. The quantitative estimate of drug-likeness (QED) is 0.339. The monoisotopic (exact) mass is 549 g/mol. The molecule has 1 spiro atoms. The van der Waals surface area contributed by atoms with Gasteiger partial charge in [-0.25, -0.2) is 4.79 Å². The number of carboxylic acids is 1. The maximum Gasteiger partial charge on any atom is 0.339 e. The zero-order chi connectivity index (χ0) is 28.0. The summed E-state index contributed by atoms with van der Waals surface area (Å²) in [5.41, 5.74) is 4.17. The number of piperidine rings is 1. The van der Waals surface area contributed by atoms with E-state index in [1.807, 2.05) is 30.3 Å². The number of fused-ring (bicyclic) bond motifs is 1. The lowest BCUT2D eigenvalue weighted by Gasteiger charge is -2.56. The number of aromatic nitrogens is 1. The van der Waals surface area contributed by atoms with E-state index in [-0.39, 0.29) is 17.0 Å². The predicted molar refractivity (Wildman–Crippen MR) is 157 cm³/mol. The molecule has 2 aromatic carbocycles. The van der Waals surface area contributed by atoms with Crippen molar-refractivity contribution in [3.8, 4) is 11.5 Å². The van der Waals surface area contributed by atoms with Gasteiger partial charge >= 0.3 is 5.97 Å². The van der Waals surface area contributed by atoms with Gasteiger partial charge < -0.3 is 19.6 Å². The van der Waals surface area contributed by atoms with Crippen LogP contribution in [0.1, 0.15) is 71.7 Å². The van der Waals surface area contributed by atoms with Crippen molar-refractivity contribution in [2.45, 2.75) is 51.0 Å². The van der Waals surface area contributed by atoms with Gasteiger partial charge in [0.25, 0.3) is 0 Å². The smallest absolute Gasteiger partial charge is 0.339 e. The van der Waals surface area contributed by atoms with Gasteiger partial charge in [0.1, 0.15) is 17.1 Å². The normalized spacial score (nSPS) is 21.3. The zero-order valence-electron chi connectivity index (χ0n) is 23.2. The second-order valence-corrected chi connectivity index (χ2v) is 12.0. The average Bonchev–Trinajstić information content (AvgIpc) is 3.69. The Morgan fingerprint density at radius 1 is 1.05 bits per heavy atom. The van der Waals surface area contributed by atoms with Crippen molar-refractivity contribution < 1.29 is 19.4 Å². The van der Waals surface area contributed by atoms with Gasteiger partial charge in [-0.2, -0.15) is 0 Å². The number of β-lactam (4-membered cyclic amide) rings is 1. The number of benzene rings is 2. The fraction of sp³-hybridized carbons (Fsp3) is 0.382. The molecule has 3 heterocycles. The Morgan fingerprint density at radius 3 is 2.59 bits per heavy atom. The summed E-state index contributed by atoms with van der Waals surface area (Å²) in [6, 6.07) is 18.0. The van der Waals surface area contributed by atoms with Crippen LogP contribution in [0.25, 0.3) is 6.08 Å². The number of nitrogens with zero attached hydrogens (tertiary/aromatic N) is 3. The lowest BCUT2D eigenvalue weighted by atomic mass is 9.66. The summed E-state index contributed by atoms with van der Waals surface area (Å²) in [4.78, 5) is 34.4. The number of likely N-dealkylation sites (tertiary alicyclic amines) is 1. The Hall–Kier alpha value is -4.13. The zero-order valence-corrected chi connectivity index (χ0v) is 23.2. The Kier molecular flexibility index (Phi) is 6.53. The third-order valence-corrected chi connectivity index (χ3v) is 9.58. The van der Waals surface area contributed by atoms with Crippen LogP contribution in [0.5, 0.6) is 11.5 Å². The van der Waals surface area contributed by atoms with Crippen LogP contribution in [0.2, 0.25) is 0 Å². The number of rotatable bonds is 7. The van der Waals surface area contributed by atoms with E-state index in [0.717, 1.165) is 81.5 Å². The van der Waals surface area contributed by atoms with E-state index < -0.39 is 5.97 Å². The summed E-state index contributed by atoms with van der Waals surface area (Å²) >= 11 is 0. The summed E-state index contributed by atoms with van der Waals surface area (Å²) in [6.07, 6.45) is 12.8. The third kappa shape index (κ3) is 4.57. The van der Waals surface area contributed by atoms with E-state index in [0.29, 0.717) is 23.3 Å². The van der Waals surface area contributed by atoms with E-state index in [1.54, 1.807) is 12.3 Å². The summed E-state index contributed by atoms with van der Waals surface area (Å²) in [7, 11) is 0. The number of hydrogen-bond donors (Lipinski definition) is 1. The summed E-state index contributed by atoms with van der Waals surface area (Å²) in [5, 5.41) is 9.80. The molecule has 7 nitrogen and oxygen atoms in total. The number of amides is 1. The first-order valence-electron chi connectivity index (χ1n) is 14.8. The van der Waals surface area contributed by atoms with Gasteiger partial charge in [-0.3, -0.25) is 9.78 Å². The standard InChI is InChI=1S/C34H35N3O4/c38-32(39)28-12-11-26(20-30(28)41-27-19-25-9-6-10-29(25)35-21-27)36-17-13-23(14-18-36)22-37-31(24-7-2-1-3-8-24)34(33(37)40)15-4-5-16-34/h1-3,6-9,11-12,19-21,23,31H,4-5,10,13-18,22H2,(H,38,39). The molecular formula is C34H35N3O4. The largest absolute Gasteiger partial charge is 0.478 e. The average molecular weight is 550 g/mol. The van der Waals surface area contributed by atoms with Crippen LogP contribution in [-0.2, 0) is 11.2 Å². The highest BCUT2D eigenvalue weighted by atomic mass is 16.5. The molecule has 1 amide bonds. The fourth-order valence-corrected chi connectivity index (χ4v) is 7.47. The van der Waals surface area contributed by atoms with E-state index in [4.69, 9.17) is 4.74 Å². The molecule has 4 aliphatic rings. The molecule has 2 aliphatic heterocycles. The number of carbonyl (C=O) groups excluding carboxylic acids is 1. The van der Waals surface area contributed by atoms with Gasteiger partial charge in [-0.15, -0.1) is 0 Å². The molecule has 2 aliphatic carbocycles. The molecule has 7 rings (SSSR count). The van der Waals surface area contributed by atoms with Crippen molar-refractivity contribution in [3.05, 3.63) is 89.3 Å². The van der Waals surface area contributed by atoms with E-state index in [1.165, 1.54) is 5.56 Å². The maximum absolute atomic E-state index is 13.5. The number of allylic oxidation sites excluding steroid dienone is 1. The highest BCUT2D eigenvalue weighted by Gasteiger charge is 2.61. The van der Waals surface area contributed by atoms with Gasteiger partial charge in [0, 0.05) is 37.8 Å². The molecule has 1 unspecified atom stereocenters. The molecule has 3 aromatic rings. The molecule has 2 saturated heterocycles. The SMILES string of the molecule is O=C(O)c1ccc(N2CCC(CN3C(=O)C4(CCCC4)C3c3ccccc3)CC2)cc1Oc1cnc2c(c1)C=CC2. The van der Waals surface area contributed by atoms with Crippen LogP contribution in [0.15, 0.2) is 66.9 Å². The topological polar surface area (TPSA) is 83.0 Å². The number of ether oxygens (including phenoxy) is 1. The minimum absolute atomic E-state index is 0.128. The lowest BCUT2D eigenvalue weighted by molar-refractivity contribution is -0.174. The fourth-order valence-electron chi connectivity index (χ4n) is 7.47. The van der Waals surface area contributed by atoms with Crippen molar-refractivity contribution in [2.75, 3.05) is 24.5 Å². The van der Waals surface area contributed by atoms with Gasteiger partial charge in [0.05, 0.1) is 23.3 Å². The molecule has 7 heteroatoms. The van der Waals surface area contributed by atoms with E-state index >= 15 is 0 Å². The summed E-state index contributed by atoms with van der Waals surface area (Å²) < 4.78 is 6.09. The Balaban J connectivity index is 1.04. The van der Waals surface area contributed by atoms with Gasteiger partial charge in [0.2, 0.25) is 5.91 Å². The Bertz CT molecular complexity index is 1500. The third-order valence-electron chi connectivity index (χ3n) is 9.58. The minimum Gasteiger partial charge on any atom is -0.478 e. The molecule has 1 aromatic heterocycles. The van der Waals surface area contributed by atoms with Crippen LogP contribution in [0, 0.1) is 11.3 Å². The first-order chi connectivity index (χ1) is 20.0. The molecule has 3 fully saturated rings. The molecule has 1 atom stereocenters. The van der Waals surface area contributed by atoms with E-state index in [2.05, 4.69) is 45.1 Å². The number of aromatic carboxylic acids is 1. The highest BCUT2D eigenvalue weighted by molar-refractivity contribution is 5.92. The number of anilines is 1. The number of hydrogen-bond acceptors (Lipinski definition) is 5. The first kappa shape index (κ1) is 25.8. The summed E-state index contributed by atoms with van der Waals surface area (Å²) in [6.45, 7) is 2.51. The van der Waals surface area contributed by atoms with Gasteiger partial charge in [0.15, 0.2) is 0 Å². The van der Waals surface area contributed by atoms with Crippen molar-refractivity contribution in [1.29, 1.82) is 0 Å².